The van der Waals surface area contributed by atoms with E-state index in [0.29, 0.717) is 0 Å². The summed E-state index contributed by atoms with van der Waals surface area (Å²) in [5, 5.41) is 24.2. The Balaban J connectivity index is 3.25. The first-order chi connectivity index (χ1) is 8.26. The minimum atomic E-state index is -0.791. The first-order valence-corrected chi connectivity index (χ1v) is 4.95. The Morgan fingerprint density at radius 3 is 2.33 bits per heavy atom. The van der Waals surface area contributed by atoms with Crippen molar-refractivity contribution in [1.82, 2.24) is 0 Å². The summed E-state index contributed by atoms with van der Waals surface area (Å²) in [6.45, 7) is 3.33. The highest BCUT2D eigenvalue weighted by atomic mass is 16.6. The topological polar surface area (TPSA) is 98.3 Å². The van der Waals surface area contributed by atoms with E-state index in [2.05, 4.69) is 11.2 Å². The molecule has 0 radical (unpaired) electrons. The summed E-state index contributed by atoms with van der Waals surface area (Å²) in [5.41, 5.74) is -1.37. The third kappa shape index (κ3) is 2.95. The Kier molecular flexibility index (Phi) is 3.52. The number of terminal acetylenes is 1. The second-order valence-corrected chi connectivity index (χ2v) is 4.11. The molecule has 0 fully saturated rings. The van der Waals surface area contributed by atoms with Crippen LogP contribution < -0.4 is 5.32 Å². The van der Waals surface area contributed by atoms with Gasteiger partial charge in [-0.15, -0.1) is 6.42 Å². The zero-order valence-corrected chi connectivity index (χ0v) is 9.84. The molecule has 0 unspecified atom stereocenters. The lowest BCUT2D eigenvalue weighted by Gasteiger charge is -2.20. The second-order valence-electron chi connectivity index (χ2n) is 4.11. The molecule has 0 aliphatic heterocycles. The number of benzene rings is 1. The SMILES string of the molecule is C#CC(C)(C)Nc1ccc([N+](=O)[O-])cc1[N+](=O)[O-]. The van der Waals surface area contributed by atoms with Gasteiger partial charge in [0.2, 0.25) is 0 Å². The van der Waals surface area contributed by atoms with E-state index in [1.54, 1.807) is 13.8 Å². The van der Waals surface area contributed by atoms with Crippen molar-refractivity contribution in [3.63, 3.8) is 0 Å². The van der Waals surface area contributed by atoms with Crippen LogP contribution in [0.25, 0.3) is 0 Å². The van der Waals surface area contributed by atoms with Gasteiger partial charge < -0.3 is 5.32 Å². The van der Waals surface area contributed by atoms with Crippen LogP contribution in [0.5, 0.6) is 0 Å². The quantitative estimate of drug-likeness (QED) is 0.501. The van der Waals surface area contributed by atoms with E-state index in [1.165, 1.54) is 12.1 Å². The summed E-state index contributed by atoms with van der Waals surface area (Å²) in [6.07, 6.45) is 5.27. The van der Waals surface area contributed by atoms with Crippen LogP contribution in [0.2, 0.25) is 0 Å². The molecule has 1 N–H and O–H groups in total. The molecule has 1 aromatic carbocycles. The molecule has 94 valence electrons. The van der Waals surface area contributed by atoms with Crippen LogP contribution in [0.4, 0.5) is 17.1 Å². The minimum Gasteiger partial charge on any atom is -0.364 e. The smallest absolute Gasteiger partial charge is 0.299 e. The molecule has 0 saturated carbocycles. The van der Waals surface area contributed by atoms with Crippen LogP contribution in [0, 0.1) is 32.6 Å². The lowest BCUT2D eigenvalue weighted by Crippen LogP contribution is -2.28. The molecule has 7 nitrogen and oxygen atoms in total. The summed E-state index contributed by atoms with van der Waals surface area (Å²) < 4.78 is 0. The highest BCUT2D eigenvalue weighted by Crippen LogP contribution is 2.30. The van der Waals surface area contributed by atoms with Gasteiger partial charge in [-0.2, -0.15) is 0 Å². The van der Waals surface area contributed by atoms with E-state index >= 15 is 0 Å². The van der Waals surface area contributed by atoms with E-state index < -0.39 is 15.4 Å². The fourth-order valence-corrected chi connectivity index (χ4v) is 1.26. The van der Waals surface area contributed by atoms with Crippen LogP contribution in [0.1, 0.15) is 13.8 Å². The van der Waals surface area contributed by atoms with Crippen LogP contribution in [0.15, 0.2) is 18.2 Å². The number of nitrogens with one attached hydrogen (secondary N) is 1. The van der Waals surface area contributed by atoms with Crippen molar-refractivity contribution in [2.75, 3.05) is 5.32 Å². The van der Waals surface area contributed by atoms with Crippen LogP contribution >= 0.6 is 0 Å². The standard InChI is InChI=1S/C11H11N3O4/c1-4-11(2,3)12-9-6-5-8(13(15)16)7-10(9)14(17)18/h1,5-7,12H,2-3H3. The number of nitro groups is 2. The molecular weight excluding hydrogens is 238 g/mol. The second kappa shape index (κ2) is 4.71. The maximum Gasteiger partial charge on any atom is 0.299 e. The molecule has 0 saturated heterocycles. The Bertz CT molecular complexity index is 546. The largest absolute Gasteiger partial charge is 0.364 e. The van der Waals surface area contributed by atoms with Crippen molar-refractivity contribution in [1.29, 1.82) is 0 Å². The fourth-order valence-electron chi connectivity index (χ4n) is 1.26. The van der Waals surface area contributed by atoms with E-state index in [9.17, 15) is 20.2 Å². The lowest BCUT2D eigenvalue weighted by molar-refractivity contribution is -0.393. The molecule has 1 aromatic rings. The molecule has 0 spiro atoms. The molecule has 1 rings (SSSR count). The van der Waals surface area contributed by atoms with Crippen LogP contribution in [-0.2, 0) is 0 Å². The number of nitro benzene ring substituents is 2. The van der Waals surface area contributed by atoms with Gasteiger partial charge in [0.25, 0.3) is 11.4 Å². The third-order valence-electron chi connectivity index (χ3n) is 2.20. The summed E-state index contributed by atoms with van der Waals surface area (Å²) in [6, 6.07) is 3.35. The van der Waals surface area contributed by atoms with Crippen LogP contribution in [0.3, 0.4) is 0 Å². The van der Waals surface area contributed by atoms with Gasteiger partial charge in [0.1, 0.15) is 5.69 Å². The summed E-state index contributed by atoms with van der Waals surface area (Å²) in [7, 11) is 0. The monoisotopic (exact) mass is 249 g/mol. The van der Waals surface area contributed by atoms with Gasteiger partial charge >= 0.3 is 0 Å². The van der Waals surface area contributed by atoms with Crippen molar-refractivity contribution in [3.05, 3.63) is 38.4 Å². The van der Waals surface area contributed by atoms with E-state index in [-0.39, 0.29) is 17.1 Å². The Morgan fingerprint density at radius 1 is 1.28 bits per heavy atom. The number of hydrogen-bond donors (Lipinski definition) is 1. The zero-order valence-electron chi connectivity index (χ0n) is 9.84. The predicted octanol–water partition coefficient (Wildman–Crippen LogP) is 2.33. The maximum absolute atomic E-state index is 10.9. The van der Waals surface area contributed by atoms with E-state index in [4.69, 9.17) is 6.42 Å². The van der Waals surface area contributed by atoms with Gasteiger partial charge in [0.15, 0.2) is 0 Å². The normalized spacial score (nSPS) is 10.5. The highest BCUT2D eigenvalue weighted by Gasteiger charge is 2.23. The molecule has 0 aliphatic rings. The van der Waals surface area contributed by atoms with Crippen LogP contribution in [-0.4, -0.2) is 15.4 Å². The van der Waals surface area contributed by atoms with Crippen molar-refractivity contribution < 1.29 is 9.85 Å². The van der Waals surface area contributed by atoms with Gasteiger partial charge in [0, 0.05) is 6.07 Å². The highest BCUT2D eigenvalue weighted by molar-refractivity contribution is 5.66. The minimum absolute atomic E-state index is 0.147. The van der Waals surface area contributed by atoms with Gasteiger partial charge in [-0.3, -0.25) is 20.2 Å². The van der Waals surface area contributed by atoms with Gasteiger partial charge in [-0.1, -0.05) is 5.92 Å². The molecule has 0 aliphatic carbocycles. The fraction of sp³-hybridized carbons (Fsp3) is 0.273. The van der Waals surface area contributed by atoms with Crippen molar-refractivity contribution in [2.45, 2.75) is 19.4 Å². The van der Waals surface area contributed by atoms with Gasteiger partial charge in [-0.05, 0) is 19.9 Å². The van der Waals surface area contributed by atoms with Crippen molar-refractivity contribution in [3.8, 4) is 12.3 Å². The number of anilines is 1. The maximum atomic E-state index is 10.9. The first kappa shape index (κ1) is 13.4. The molecule has 0 amide bonds. The first-order valence-electron chi connectivity index (χ1n) is 4.95. The average Bonchev–Trinajstić information content (AvgIpc) is 2.28. The Hall–Kier alpha value is -2.62. The molecule has 0 aromatic heterocycles. The Morgan fingerprint density at radius 2 is 1.89 bits per heavy atom. The average molecular weight is 249 g/mol. The Labute approximate surface area is 103 Å². The zero-order chi connectivity index (χ0) is 13.9. The third-order valence-corrected chi connectivity index (χ3v) is 2.20. The number of nitrogens with zero attached hydrogens (tertiary/aromatic N) is 2. The molecule has 18 heavy (non-hydrogen) atoms. The molecule has 0 heterocycles. The predicted molar refractivity (Wildman–Crippen MR) is 66.3 cm³/mol. The summed E-state index contributed by atoms with van der Waals surface area (Å²) in [5.74, 6) is 2.43. The van der Waals surface area contributed by atoms with Crippen molar-refractivity contribution >= 4 is 17.1 Å². The number of non-ortho nitro benzene ring substituents is 1. The number of hydrogen-bond acceptors (Lipinski definition) is 5. The number of rotatable bonds is 4. The molecule has 0 bridgehead atoms. The summed E-state index contributed by atoms with van der Waals surface area (Å²) in [4.78, 5) is 20.0. The van der Waals surface area contributed by atoms with E-state index in [1.807, 2.05) is 0 Å². The summed E-state index contributed by atoms with van der Waals surface area (Å²) >= 11 is 0. The van der Waals surface area contributed by atoms with E-state index in [0.717, 1.165) is 6.07 Å². The molecular formula is C11H11N3O4. The van der Waals surface area contributed by atoms with Gasteiger partial charge in [0.05, 0.1) is 21.5 Å². The molecule has 0 atom stereocenters. The van der Waals surface area contributed by atoms with Crippen molar-refractivity contribution in [2.24, 2.45) is 0 Å². The lowest BCUT2D eigenvalue weighted by atomic mass is 10.1. The van der Waals surface area contributed by atoms with Gasteiger partial charge in [-0.25, -0.2) is 0 Å². The molecule has 7 heteroatoms.